The molecule has 5 nitrogen and oxygen atoms in total. The van der Waals surface area contributed by atoms with Crippen molar-refractivity contribution in [2.45, 2.75) is 37.3 Å². The Hall–Kier alpha value is -1.41. The molecule has 0 spiro atoms. The maximum Gasteiger partial charge on any atom is 0.138 e. The summed E-state index contributed by atoms with van der Waals surface area (Å²) in [6, 6.07) is 2.51. The highest BCUT2D eigenvalue weighted by molar-refractivity contribution is 5.13. The molecular weight excluding hydrogens is 192 g/mol. The van der Waals surface area contributed by atoms with E-state index in [0.29, 0.717) is 12.5 Å². The first-order valence-corrected chi connectivity index (χ1v) is 5.30. The van der Waals surface area contributed by atoms with Crippen LogP contribution in [0.2, 0.25) is 0 Å². The van der Waals surface area contributed by atoms with E-state index in [2.05, 4.69) is 16.2 Å². The van der Waals surface area contributed by atoms with Gasteiger partial charge in [-0.25, -0.2) is 9.67 Å². The van der Waals surface area contributed by atoms with Crippen LogP contribution in [0.4, 0.5) is 0 Å². The largest absolute Gasteiger partial charge is 0.375 e. The van der Waals surface area contributed by atoms with Crippen LogP contribution in [0.5, 0.6) is 0 Å². The van der Waals surface area contributed by atoms with Crippen molar-refractivity contribution in [1.29, 1.82) is 5.26 Å². The Morgan fingerprint density at radius 1 is 1.67 bits per heavy atom. The van der Waals surface area contributed by atoms with E-state index in [-0.39, 0.29) is 12.0 Å². The minimum atomic E-state index is 0.114. The molecule has 15 heavy (non-hydrogen) atoms. The Kier molecular flexibility index (Phi) is 1.96. The van der Waals surface area contributed by atoms with Crippen LogP contribution in [0.15, 0.2) is 6.33 Å². The number of nitrogens with zero attached hydrogens (tertiary/aromatic N) is 4. The van der Waals surface area contributed by atoms with Crippen LogP contribution >= 0.6 is 0 Å². The molecule has 1 saturated heterocycles. The topological polar surface area (TPSA) is 63.7 Å². The number of hydrogen-bond acceptors (Lipinski definition) is 4. The Morgan fingerprint density at radius 2 is 2.60 bits per heavy atom. The fourth-order valence-electron chi connectivity index (χ4n) is 2.67. The number of ether oxygens (including phenoxy) is 1. The lowest BCUT2D eigenvalue weighted by Gasteiger charge is -2.28. The van der Waals surface area contributed by atoms with Gasteiger partial charge in [-0.15, -0.1) is 0 Å². The van der Waals surface area contributed by atoms with Crippen LogP contribution in [0, 0.1) is 11.3 Å². The smallest absolute Gasteiger partial charge is 0.138 e. The van der Waals surface area contributed by atoms with E-state index in [1.165, 1.54) is 0 Å². The summed E-state index contributed by atoms with van der Waals surface area (Å²) in [5, 5.41) is 13.0. The summed E-state index contributed by atoms with van der Waals surface area (Å²) >= 11 is 0. The highest BCUT2D eigenvalue weighted by Crippen LogP contribution is 2.42. The molecule has 0 aromatic carbocycles. The average Bonchev–Trinajstić information content (AvgIpc) is 2.82. The Balaban J connectivity index is 1.99. The molecule has 3 rings (SSSR count). The zero-order chi connectivity index (χ0) is 10.3. The first-order chi connectivity index (χ1) is 7.42. The molecule has 3 atom stereocenters. The van der Waals surface area contributed by atoms with Crippen LogP contribution in [0.1, 0.15) is 37.0 Å². The predicted octanol–water partition coefficient (Wildman–Crippen LogP) is 1.01. The fraction of sp³-hybridized carbons (Fsp3) is 0.700. The summed E-state index contributed by atoms with van der Waals surface area (Å²) in [5.41, 5.74) is 0. The van der Waals surface area contributed by atoms with Crippen molar-refractivity contribution in [3.8, 4) is 6.07 Å². The predicted molar refractivity (Wildman–Crippen MR) is 51.0 cm³/mol. The van der Waals surface area contributed by atoms with Gasteiger partial charge < -0.3 is 4.74 Å². The molecule has 0 saturated carbocycles. The average molecular weight is 204 g/mol. The SMILES string of the molecule is N#CCC1c2ncnn2[C@@H]2CCCO[C@H]12. The molecule has 5 heteroatoms. The van der Waals surface area contributed by atoms with E-state index in [4.69, 9.17) is 10.00 Å². The standard InChI is InChI=1S/C10H12N4O/c11-4-3-7-9-8(2-1-5-15-9)14-10(7)12-6-13-14/h6-9H,1-3,5H2/t7?,8-,9-/m1/s1. The van der Waals surface area contributed by atoms with E-state index < -0.39 is 0 Å². The first kappa shape index (κ1) is 8.86. The van der Waals surface area contributed by atoms with E-state index in [1.807, 2.05) is 4.68 Å². The van der Waals surface area contributed by atoms with Gasteiger partial charge >= 0.3 is 0 Å². The van der Waals surface area contributed by atoms with Gasteiger partial charge in [-0.1, -0.05) is 0 Å². The van der Waals surface area contributed by atoms with Gasteiger partial charge in [-0.2, -0.15) is 10.4 Å². The van der Waals surface area contributed by atoms with Crippen molar-refractivity contribution in [2.24, 2.45) is 0 Å². The highest BCUT2D eigenvalue weighted by Gasteiger charge is 2.44. The molecule has 1 fully saturated rings. The van der Waals surface area contributed by atoms with E-state index in [1.54, 1.807) is 6.33 Å². The second-order valence-electron chi connectivity index (χ2n) is 4.08. The van der Waals surface area contributed by atoms with E-state index in [9.17, 15) is 0 Å². The lowest BCUT2D eigenvalue weighted by atomic mass is 9.93. The van der Waals surface area contributed by atoms with Gasteiger partial charge in [0.15, 0.2) is 0 Å². The van der Waals surface area contributed by atoms with Gasteiger partial charge in [0.2, 0.25) is 0 Å². The normalized spacial score (nSPS) is 33.1. The molecule has 1 aromatic rings. The molecule has 0 radical (unpaired) electrons. The number of nitriles is 1. The quantitative estimate of drug-likeness (QED) is 0.684. The summed E-state index contributed by atoms with van der Waals surface area (Å²) in [6.07, 6.45) is 4.32. The summed E-state index contributed by atoms with van der Waals surface area (Å²) in [7, 11) is 0. The molecular formula is C10H12N4O. The van der Waals surface area contributed by atoms with Crippen molar-refractivity contribution in [3.63, 3.8) is 0 Å². The van der Waals surface area contributed by atoms with Gasteiger partial charge in [0, 0.05) is 13.0 Å². The lowest BCUT2D eigenvalue weighted by molar-refractivity contribution is -0.0212. The van der Waals surface area contributed by atoms with Crippen molar-refractivity contribution in [2.75, 3.05) is 6.61 Å². The molecule has 2 aliphatic rings. The van der Waals surface area contributed by atoms with Crippen molar-refractivity contribution in [3.05, 3.63) is 12.2 Å². The number of fused-ring (bicyclic) bond motifs is 3. The van der Waals surface area contributed by atoms with Crippen LogP contribution in [-0.2, 0) is 4.74 Å². The summed E-state index contributed by atoms with van der Waals surface area (Å²) in [4.78, 5) is 4.24. The van der Waals surface area contributed by atoms with Crippen molar-refractivity contribution >= 4 is 0 Å². The number of hydrogen-bond donors (Lipinski definition) is 0. The molecule has 2 aliphatic heterocycles. The van der Waals surface area contributed by atoms with Gasteiger partial charge in [0.25, 0.3) is 0 Å². The van der Waals surface area contributed by atoms with E-state index >= 15 is 0 Å². The number of rotatable bonds is 1. The molecule has 0 aliphatic carbocycles. The second-order valence-corrected chi connectivity index (χ2v) is 4.08. The third kappa shape index (κ3) is 1.18. The zero-order valence-corrected chi connectivity index (χ0v) is 8.33. The molecule has 1 aromatic heterocycles. The summed E-state index contributed by atoms with van der Waals surface area (Å²) in [6.45, 7) is 0.800. The van der Waals surface area contributed by atoms with Crippen LogP contribution in [0.3, 0.4) is 0 Å². The molecule has 0 amide bonds. The minimum Gasteiger partial charge on any atom is -0.375 e. The molecule has 3 heterocycles. The molecule has 0 bridgehead atoms. The maximum atomic E-state index is 8.82. The minimum absolute atomic E-state index is 0.114. The maximum absolute atomic E-state index is 8.82. The molecule has 1 unspecified atom stereocenters. The Bertz CT molecular complexity index is 408. The van der Waals surface area contributed by atoms with Gasteiger partial charge in [0.1, 0.15) is 12.2 Å². The fourth-order valence-corrected chi connectivity index (χ4v) is 2.67. The third-order valence-electron chi connectivity index (χ3n) is 3.29. The van der Waals surface area contributed by atoms with Gasteiger partial charge in [-0.3, -0.25) is 0 Å². The molecule has 0 N–H and O–H groups in total. The van der Waals surface area contributed by atoms with Crippen LogP contribution in [0.25, 0.3) is 0 Å². The first-order valence-electron chi connectivity index (χ1n) is 5.30. The summed E-state index contributed by atoms with van der Waals surface area (Å²) < 4.78 is 7.71. The second kappa shape index (κ2) is 3.31. The number of aromatic nitrogens is 3. The third-order valence-corrected chi connectivity index (χ3v) is 3.29. The monoisotopic (exact) mass is 204 g/mol. The Morgan fingerprint density at radius 3 is 3.47 bits per heavy atom. The lowest BCUT2D eigenvalue weighted by Crippen LogP contribution is -2.29. The summed E-state index contributed by atoms with van der Waals surface area (Å²) in [5.74, 6) is 1.04. The van der Waals surface area contributed by atoms with E-state index in [0.717, 1.165) is 25.3 Å². The van der Waals surface area contributed by atoms with Gasteiger partial charge in [-0.05, 0) is 12.8 Å². The van der Waals surface area contributed by atoms with Crippen molar-refractivity contribution < 1.29 is 4.74 Å². The Labute approximate surface area is 87.7 Å². The van der Waals surface area contributed by atoms with Crippen LogP contribution in [-0.4, -0.2) is 27.5 Å². The molecule has 78 valence electrons. The van der Waals surface area contributed by atoms with Crippen molar-refractivity contribution in [1.82, 2.24) is 14.8 Å². The highest BCUT2D eigenvalue weighted by atomic mass is 16.5. The van der Waals surface area contributed by atoms with Crippen LogP contribution < -0.4 is 0 Å². The zero-order valence-electron chi connectivity index (χ0n) is 8.33. The van der Waals surface area contributed by atoms with Gasteiger partial charge in [0.05, 0.1) is 24.1 Å².